The van der Waals surface area contributed by atoms with Crippen molar-refractivity contribution >= 4 is 0 Å². The van der Waals surface area contributed by atoms with Crippen molar-refractivity contribution in [1.82, 2.24) is 15.0 Å². The lowest BCUT2D eigenvalue weighted by molar-refractivity contribution is 0.414. The predicted octanol–water partition coefficient (Wildman–Crippen LogP) is 0.949. The number of aromatic nitrogens is 3. The van der Waals surface area contributed by atoms with Crippen LogP contribution in [-0.4, -0.2) is 22.1 Å². The van der Waals surface area contributed by atoms with Crippen molar-refractivity contribution < 1.29 is 4.74 Å². The molecule has 0 radical (unpaired) electrons. The summed E-state index contributed by atoms with van der Waals surface area (Å²) < 4.78 is 6.89. The second kappa shape index (κ2) is 4.32. The summed E-state index contributed by atoms with van der Waals surface area (Å²) in [5, 5.41) is 7.76. The smallest absolute Gasteiger partial charge is 0.119 e. The SMILES string of the molecule is COc1ccc(-c2cnnn2C)c(CN)c1. The maximum atomic E-state index is 5.72. The topological polar surface area (TPSA) is 66.0 Å². The van der Waals surface area contributed by atoms with Crippen LogP contribution in [0.3, 0.4) is 0 Å². The van der Waals surface area contributed by atoms with Gasteiger partial charge in [-0.1, -0.05) is 5.21 Å². The highest BCUT2D eigenvalue weighted by atomic mass is 16.5. The molecule has 0 fully saturated rings. The molecule has 5 heteroatoms. The monoisotopic (exact) mass is 218 g/mol. The minimum Gasteiger partial charge on any atom is -0.497 e. The van der Waals surface area contributed by atoms with Gasteiger partial charge in [0.2, 0.25) is 0 Å². The summed E-state index contributed by atoms with van der Waals surface area (Å²) in [7, 11) is 3.49. The molecule has 84 valence electrons. The molecule has 1 heterocycles. The number of benzene rings is 1. The molecule has 2 aromatic rings. The Morgan fingerprint density at radius 3 is 2.81 bits per heavy atom. The molecule has 0 aliphatic carbocycles. The van der Waals surface area contributed by atoms with Crippen molar-refractivity contribution in [3.05, 3.63) is 30.0 Å². The molecule has 0 aliphatic rings. The number of nitrogens with two attached hydrogens (primary N) is 1. The van der Waals surface area contributed by atoms with E-state index in [0.29, 0.717) is 6.54 Å². The molecule has 0 unspecified atom stereocenters. The molecule has 0 saturated carbocycles. The number of nitrogens with zero attached hydrogens (tertiary/aromatic N) is 3. The maximum absolute atomic E-state index is 5.72. The van der Waals surface area contributed by atoms with Gasteiger partial charge in [-0.2, -0.15) is 0 Å². The summed E-state index contributed by atoms with van der Waals surface area (Å²) in [6.07, 6.45) is 1.72. The average Bonchev–Trinajstić information content (AvgIpc) is 2.74. The van der Waals surface area contributed by atoms with Gasteiger partial charge in [-0.3, -0.25) is 0 Å². The normalized spacial score (nSPS) is 10.4. The average molecular weight is 218 g/mol. The van der Waals surface area contributed by atoms with Crippen molar-refractivity contribution in [2.45, 2.75) is 6.54 Å². The highest BCUT2D eigenvalue weighted by Gasteiger charge is 2.09. The summed E-state index contributed by atoms with van der Waals surface area (Å²) in [6, 6.07) is 5.81. The Morgan fingerprint density at radius 1 is 1.44 bits per heavy atom. The van der Waals surface area contributed by atoms with Crippen LogP contribution in [0.5, 0.6) is 5.75 Å². The third-order valence-electron chi connectivity index (χ3n) is 2.52. The summed E-state index contributed by atoms with van der Waals surface area (Å²) in [6.45, 7) is 0.456. The molecule has 2 N–H and O–H groups in total. The van der Waals surface area contributed by atoms with Crippen LogP contribution in [0.1, 0.15) is 5.56 Å². The largest absolute Gasteiger partial charge is 0.497 e. The summed E-state index contributed by atoms with van der Waals surface area (Å²) >= 11 is 0. The summed E-state index contributed by atoms with van der Waals surface area (Å²) in [5.41, 5.74) is 8.73. The maximum Gasteiger partial charge on any atom is 0.119 e. The third-order valence-corrected chi connectivity index (χ3v) is 2.52. The number of ether oxygens (including phenoxy) is 1. The third kappa shape index (κ3) is 1.77. The first-order valence-corrected chi connectivity index (χ1v) is 4.98. The minimum absolute atomic E-state index is 0.456. The van der Waals surface area contributed by atoms with Gasteiger partial charge in [0.1, 0.15) is 5.75 Å². The molecule has 0 amide bonds. The van der Waals surface area contributed by atoms with E-state index in [1.807, 2.05) is 25.2 Å². The fourth-order valence-electron chi connectivity index (χ4n) is 1.65. The first-order valence-electron chi connectivity index (χ1n) is 4.98. The second-order valence-electron chi connectivity index (χ2n) is 3.47. The zero-order chi connectivity index (χ0) is 11.5. The van der Waals surface area contributed by atoms with E-state index in [9.17, 15) is 0 Å². The molecule has 0 bridgehead atoms. The fraction of sp³-hybridized carbons (Fsp3) is 0.273. The Labute approximate surface area is 93.8 Å². The fourth-order valence-corrected chi connectivity index (χ4v) is 1.65. The van der Waals surface area contributed by atoms with Crippen molar-refractivity contribution in [2.24, 2.45) is 12.8 Å². The number of aryl methyl sites for hydroxylation is 1. The highest BCUT2D eigenvalue weighted by molar-refractivity contribution is 5.64. The van der Waals surface area contributed by atoms with E-state index in [1.165, 1.54) is 0 Å². The van der Waals surface area contributed by atoms with Crippen LogP contribution in [0.4, 0.5) is 0 Å². The van der Waals surface area contributed by atoms with Gasteiger partial charge in [0.25, 0.3) is 0 Å². The van der Waals surface area contributed by atoms with Gasteiger partial charge in [-0.15, -0.1) is 5.10 Å². The zero-order valence-electron chi connectivity index (χ0n) is 9.34. The van der Waals surface area contributed by atoms with E-state index in [2.05, 4.69) is 10.3 Å². The van der Waals surface area contributed by atoms with Crippen LogP contribution in [0, 0.1) is 0 Å². The molecule has 2 rings (SSSR count). The molecule has 0 aliphatic heterocycles. The van der Waals surface area contributed by atoms with Gasteiger partial charge >= 0.3 is 0 Å². The second-order valence-corrected chi connectivity index (χ2v) is 3.47. The Balaban J connectivity index is 2.53. The van der Waals surface area contributed by atoms with E-state index in [1.54, 1.807) is 18.0 Å². The predicted molar refractivity (Wildman–Crippen MR) is 60.9 cm³/mol. The van der Waals surface area contributed by atoms with Crippen molar-refractivity contribution in [2.75, 3.05) is 7.11 Å². The molecular formula is C11H14N4O. The van der Waals surface area contributed by atoms with Crippen LogP contribution >= 0.6 is 0 Å². The van der Waals surface area contributed by atoms with Crippen molar-refractivity contribution in [1.29, 1.82) is 0 Å². The van der Waals surface area contributed by atoms with Crippen molar-refractivity contribution in [3.63, 3.8) is 0 Å². The van der Waals surface area contributed by atoms with Gasteiger partial charge in [0.05, 0.1) is 19.0 Å². The Hall–Kier alpha value is -1.88. The number of hydrogen-bond donors (Lipinski definition) is 1. The number of hydrogen-bond acceptors (Lipinski definition) is 4. The molecule has 1 aromatic carbocycles. The van der Waals surface area contributed by atoms with Gasteiger partial charge in [0, 0.05) is 19.2 Å². The van der Waals surface area contributed by atoms with Crippen LogP contribution in [0.15, 0.2) is 24.4 Å². The van der Waals surface area contributed by atoms with Crippen LogP contribution in [0.2, 0.25) is 0 Å². The lowest BCUT2D eigenvalue weighted by atomic mass is 10.0. The van der Waals surface area contributed by atoms with E-state index >= 15 is 0 Å². The van der Waals surface area contributed by atoms with Crippen molar-refractivity contribution in [3.8, 4) is 17.0 Å². The molecular weight excluding hydrogens is 204 g/mol. The summed E-state index contributed by atoms with van der Waals surface area (Å²) in [4.78, 5) is 0. The Bertz CT molecular complexity index is 492. The lowest BCUT2D eigenvalue weighted by Gasteiger charge is -2.09. The Kier molecular flexibility index (Phi) is 2.87. The van der Waals surface area contributed by atoms with Gasteiger partial charge in [-0.05, 0) is 23.8 Å². The van der Waals surface area contributed by atoms with E-state index in [0.717, 1.165) is 22.6 Å². The standard InChI is InChI=1S/C11H14N4O/c1-15-11(7-13-14-15)10-4-3-9(16-2)5-8(10)6-12/h3-5,7H,6,12H2,1-2H3. The van der Waals surface area contributed by atoms with E-state index < -0.39 is 0 Å². The molecule has 1 aromatic heterocycles. The summed E-state index contributed by atoms with van der Waals surface area (Å²) in [5.74, 6) is 0.805. The van der Waals surface area contributed by atoms with Gasteiger partial charge in [-0.25, -0.2) is 4.68 Å². The van der Waals surface area contributed by atoms with Crippen LogP contribution in [0.25, 0.3) is 11.3 Å². The molecule has 0 atom stereocenters. The highest BCUT2D eigenvalue weighted by Crippen LogP contribution is 2.25. The quantitative estimate of drug-likeness (QED) is 0.833. The van der Waals surface area contributed by atoms with E-state index in [4.69, 9.17) is 10.5 Å². The van der Waals surface area contributed by atoms with Gasteiger partial charge < -0.3 is 10.5 Å². The van der Waals surface area contributed by atoms with Gasteiger partial charge in [0.15, 0.2) is 0 Å². The number of methoxy groups -OCH3 is 1. The molecule has 0 saturated heterocycles. The first kappa shape index (κ1) is 10.6. The molecule has 16 heavy (non-hydrogen) atoms. The lowest BCUT2D eigenvalue weighted by Crippen LogP contribution is -2.02. The van der Waals surface area contributed by atoms with E-state index in [-0.39, 0.29) is 0 Å². The molecule has 5 nitrogen and oxygen atoms in total. The number of rotatable bonds is 3. The first-order chi connectivity index (χ1) is 7.76. The minimum atomic E-state index is 0.456. The Morgan fingerprint density at radius 2 is 2.25 bits per heavy atom. The van der Waals surface area contributed by atoms with Crippen LogP contribution < -0.4 is 10.5 Å². The molecule has 0 spiro atoms. The zero-order valence-corrected chi connectivity index (χ0v) is 9.34. The van der Waals surface area contributed by atoms with Crippen LogP contribution in [-0.2, 0) is 13.6 Å².